The topological polar surface area (TPSA) is 78.7 Å². The Kier molecular flexibility index (Phi) is 3.45. The van der Waals surface area contributed by atoms with E-state index in [1.165, 1.54) is 0 Å². The molecule has 4 aromatic rings. The molecule has 8 heteroatoms. The molecule has 25 heavy (non-hydrogen) atoms. The van der Waals surface area contributed by atoms with Gasteiger partial charge in [-0.2, -0.15) is 0 Å². The fourth-order valence-corrected chi connectivity index (χ4v) is 2.67. The molecule has 0 amide bonds. The minimum atomic E-state index is 0.614. The normalized spacial score (nSPS) is 11.8. The van der Waals surface area contributed by atoms with Crippen molar-refractivity contribution in [3.8, 4) is 11.5 Å². The average Bonchev–Trinajstić information content (AvgIpc) is 3.28. The highest BCUT2D eigenvalue weighted by atomic mass is 15.3. The predicted octanol–water partition coefficient (Wildman–Crippen LogP) is 2.05. The molecule has 0 saturated heterocycles. The minimum absolute atomic E-state index is 0.614. The van der Waals surface area contributed by atoms with Crippen molar-refractivity contribution in [1.82, 2.24) is 38.9 Å². The Morgan fingerprint density at radius 2 is 1.88 bits per heavy atom. The summed E-state index contributed by atoms with van der Waals surface area (Å²) in [5.41, 5.74) is 3.53. The lowest BCUT2D eigenvalue weighted by Gasteiger charge is -1.97. The molecule has 0 N–H and O–H groups in total. The summed E-state index contributed by atoms with van der Waals surface area (Å²) in [5, 5.41) is 8.98. The van der Waals surface area contributed by atoms with Crippen LogP contribution in [0.1, 0.15) is 23.0 Å². The lowest BCUT2D eigenvalue weighted by atomic mass is 10.4. The van der Waals surface area contributed by atoms with Gasteiger partial charge in [0.25, 0.3) is 0 Å². The molecule has 4 rings (SSSR count). The molecule has 0 bridgehead atoms. The maximum Gasteiger partial charge on any atom is 0.198 e. The Hall–Kier alpha value is -3.29. The largest absolute Gasteiger partial charge is 0.348 e. The number of fused-ring (bicyclic) bond motifs is 1. The van der Waals surface area contributed by atoms with Crippen LogP contribution in [0.4, 0.5) is 0 Å². The van der Waals surface area contributed by atoms with Crippen LogP contribution in [0.25, 0.3) is 29.3 Å². The first-order valence-electron chi connectivity index (χ1n) is 7.93. The number of aromatic nitrogens is 8. The van der Waals surface area contributed by atoms with Gasteiger partial charge in [-0.3, -0.25) is 4.98 Å². The molecule has 126 valence electrons. The highest BCUT2D eigenvalue weighted by Crippen LogP contribution is 2.16. The summed E-state index contributed by atoms with van der Waals surface area (Å²) in [5.74, 6) is 2.04. The van der Waals surface area contributed by atoms with Gasteiger partial charge in [-0.15, -0.1) is 10.2 Å². The zero-order chi connectivity index (χ0) is 17.6. The third-order valence-corrected chi connectivity index (χ3v) is 4.08. The Labute approximate surface area is 144 Å². The van der Waals surface area contributed by atoms with E-state index in [1.54, 1.807) is 15.4 Å². The van der Waals surface area contributed by atoms with E-state index in [-0.39, 0.29) is 0 Å². The highest BCUT2D eigenvalue weighted by Gasteiger charge is 2.11. The van der Waals surface area contributed by atoms with E-state index in [0.29, 0.717) is 11.6 Å². The Morgan fingerprint density at radius 3 is 2.60 bits per heavy atom. The van der Waals surface area contributed by atoms with Crippen LogP contribution in [0.5, 0.6) is 0 Å². The fourth-order valence-electron chi connectivity index (χ4n) is 2.67. The van der Waals surface area contributed by atoms with Gasteiger partial charge >= 0.3 is 0 Å². The second kappa shape index (κ2) is 5.66. The van der Waals surface area contributed by atoms with E-state index in [1.807, 2.05) is 63.0 Å². The van der Waals surface area contributed by atoms with Crippen molar-refractivity contribution in [3.05, 3.63) is 47.6 Å². The van der Waals surface area contributed by atoms with Gasteiger partial charge in [0.15, 0.2) is 23.1 Å². The van der Waals surface area contributed by atoms with Crippen LogP contribution in [0.2, 0.25) is 0 Å². The van der Waals surface area contributed by atoms with E-state index in [0.717, 1.165) is 28.6 Å². The molecule has 0 fully saturated rings. The molecular weight excluding hydrogens is 316 g/mol. The Morgan fingerprint density at radius 1 is 1.04 bits per heavy atom. The number of hydrogen-bond acceptors (Lipinski definition) is 5. The summed E-state index contributed by atoms with van der Waals surface area (Å²) in [6.45, 7) is 3.88. The zero-order valence-corrected chi connectivity index (χ0v) is 14.5. The maximum atomic E-state index is 4.59. The number of nitrogens with zero attached hydrogens (tertiary/aromatic N) is 8. The van der Waals surface area contributed by atoms with Gasteiger partial charge in [-0.05, 0) is 38.1 Å². The average molecular weight is 334 g/mol. The van der Waals surface area contributed by atoms with Crippen LogP contribution in [0.3, 0.4) is 0 Å². The van der Waals surface area contributed by atoms with Crippen molar-refractivity contribution in [1.29, 1.82) is 0 Å². The van der Waals surface area contributed by atoms with E-state index in [9.17, 15) is 0 Å². The molecule has 8 nitrogen and oxygen atoms in total. The van der Waals surface area contributed by atoms with Gasteiger partial charge in [-0.25, -0.2) is 19.2 Å². The van der Waals surface area contributed by atoms with Crippen molar-refractivity contribution >= 4 is 17.8 Å². The summed E-state index contributed by atoms with van der Waals surface area (Å²) in [4.78, 5) is 13.4. The van der Waals surface area contributed by atoms with Gasteiger partial charge in [0.1, 0.15) is 0 Å². The molecule has 0 aromatic carbocycles. The van der Waals surface area contributed by atoms with E-state index in [4.69, 9.17) is 0 Å². The maximum absolute atomic E-state index is 4.59. The van der Waals surface area contributed by atoms with Gasteiger partial charge in [0.2, 0.25) is 0 Å². The third kappa shape index (κ3) is 2.61. The van der Waals surface area contributed by atoms with E-state index < -0.39 is 0 Å². The van der Waals surface area contributed by atoms with Gasteiger partial charge in [0.05, 0.1) is 17.1 Å². The number of hydrogen-bond donors (Lipinski definition) is 0. The lowest BCUT2D eigenvalue weighted by Crippen LogP contribution is -1.97. The zero-order valence-electron chi connectivity index (χ0n) is 14.5. The van der Waals surface area contributed by atoms with Gasteiger partial charge in [-0.1, -0.05) is 0 Å². The van der Waals surface area contributed by atoms with Crippen molar-refractivity contribution in [3.63, 3.8) is 0 Å². The summed E-state index contributed by atoms with van der Waals surface area (Å²) in [6, 6.07) is 3.96. The highest BCUT2D eigenvalue weighted by molar-refractivity contribution is 5.65. The fraction of sp³-hybridized carbons (Fsp3) is 0.235. The van der Waals surface area contributed by atoms with Crippen LogP contribution in [0, 0.1) is 13.8 Å². The molecule has 0 unspecified atom stereocenters. The molecule has 4 aromatic heterocycles. The molecule has 0 spiro atoms. The van der Waals surface area contributed by atoms with Crippen molar-refractivity contribution < 1.29 is 0 Å². The van der Waals surface area contributed by atoms with Crippen LogP contribution >= 0.6 is 0 Å². The molecule has 0 saturated carbocycles. The van der Waals surface area contributed by atoms with E-state index >= 15 is 0 Å². The van der Waals surface area contributed by atoms with Gasteiger partial charge < -0.3 is 4.57 Å². The van der Waals surface area contributed by atoms with Gasteiger partial charge in [0, 0.05) is 26.5 Å². The molecule has 0 aliphatic rings. The first kappa shape index (κ1) is 15.3. The van der Waals surface area contributed by atoms with E-state index in [2.05, 4.69) is 25.1 Å². The third-order valence-electron chi connectivity index (χ3n) is 4.08. The lowest BCUT2D eigenvalue weighted by molar-refractivity contribution is 0.756. The van der Waals surface area contributed by atoms with Crippen LogP contribution in [0.15, 0.2) is 24.5 Å². The van der Waals surface area contributed by atoms with Crippen LogP contribution < -0.4 is 0 Å². The van der Waals surface area contributed by atoms with Crippen molar-refractivity contribution in [2.24, 2.45) is 14.1 Å². The molecule has 0 aliphatic heterocycles. The van der Waals surface area contributed by atoms with Crippen LogP contribution in [-0.4, -0.2) is 38.9 Å². The number of aryl methyl sites for hydroxylation is 4. The van der Waals surface area contributed by atoms with Crippen LogP contribution in [-0.2, 0) is 14.1 Å². The molecule has 0 radical (unpaired) electrons. The second-order valence-electron chi connectivity index (χ2n) is 5.95. The Bertz CT molecular complexity index is 1060. The summed E-state index contributed by atoms with van der Waals surface area (Å²) >= 11 is 0. The smallest absolute Gasteiger partial charge is 0.198 e. The molecule has 4 heterocycles. The summed E-state index contributed by atoms with van der Waals surface area (Å²) in [6.07, 6.45) is 7.47. The molecule has 0 aliphatic carbocycles. The minimum Gasteiger partial charge on any atom is -0.348 e. The Balaban J connectivity index is 1.69. The standard InChI is InChI=1S/C17H18N8/c1-11-10-18-12(2)17-19-14(21-25(11)17)7-8-15-20-16(22-24(15)4)13-6-5-9-23(13)3/h5-10H,1-4H3/b8-7+. The predicted molar refractivity (Wildman–Crippen MR) is 94.6 cm³/mol. The quantitative estimate of drug-likeness (QED) is 0.573. The SMILES string of the molecule is Cc1ncc(C)n2nc(/C=C/c3nc(-c4cccn4C)nn3C)nc12. The monoisotopic (exact) mass is 334 g/mol. The summed E-state index contributed by atoms with van der Waals surface area (Å²) < 4.78 is 5.53. The first-order chi connectivity index (χ1) is 12.0. The molecule has 0 atom stereocenters. The van der Waals surface area contributed by atoms with Crippen molar-refractivity contribution in [2.45, 2.75) is 13.8 Å². The number of rotatable bonds is 3. The summed E-state index contributed by atoms with van der Waals surface area (Å²) in [7, 11) is 3.84. The molecular formula is C17H18N8. The second-order valence-corrected chi connectivity index (χ2v) is 5.95. The first-order valence-corrected chi connectivity index (χ1v) is 7.93. The van der Waals surface area contributed by atoms with Crippen molar-refractivity contribution in [2.75, 3.05) is 0 Å².